The minimum atomic E-state index is -0.755. The lowest BCUT2D eigenvalue weighted by Gasteiger charge is -2.22. The summed E-state index contributed by atoms with van der Waals surface area (Å²) in [4.78, 5) is 11.9. The fourth-order valence-electron chi connectivity index (χ4n) is 1.98. The molecule has 0 saturated carbocycles. The molecule has 1 amide bonds. The van der Waals surface area contributed by atoms with Crippen LogP contribution in [0.5, 0.6) is 0 Å². The molecule has 1 rings (SSSR count). The number of benzene rings is 1. The minimum absolute atomic E-state index is 0.0644. The summed E-state index contributed by atoms with van der Waals surface area (Å²) >= 11 is 5.82. The van der Waals surface area contributed by atoms with Crippen molar-refractivity contribution in [2.75, 3.05) is 6.54 Å². The highest BCUT2D eigenvalue weighted by Crippen LogP contribution is 2.11. The molecule has 0 fully saturated rings. The maximum absolute atomic E-state index is 11.9. The second-order valence-corrected chi connectivity index (χ2v) is 5.59. The largest absolute Gasteiger partial charge is 0.355 e. The van der Waals surface area contributed by atoms with Crippen molar-refractivity contribution >= 4 is 17.5 Å². The van der Waals surface area contributed by atoms with Gasteiger partial charge in [-0.2, -0.15) is 0 Å². The molecule has 1 unspecified atom stereocenters. The second-order valence-electron chi connectivity index (χ2n) is 5.15. The lowest BCUT2D eigenvalue weighted by atomic mass is 9.96. The van der Waals surface area contributed by atoms with E-state index in [0.29, 0.717) is 13.0 Å². The monoisotopic (exact) mass is 282 g/mol. The van der Waals surface area contributed by atoms with E-state index in [-0.39, 0.29) is 5.91 Å². The van der Waals surface area contributed by atoms with Gasteiger partial charge in [0.1, 0.15) is 0 Å². The molecule has 1 aromatic carbocycles. The van der Waals surface area contributed by atoms with Crippen LogP contribution in [0.15, 0.2) is 24.3 Å². The predicted molar refractivity (Wildman–Crippen MR) is 80.3 cm³/mol. The van der Waals surface area contributed by atoms with Crippen molar-refractivity contribution in [3.63, 3.8) is 0 Å². The van der Waals surface area contributed by atoms with E-state index in [1.54, 1.807) is 6.92 Å². The molecule has 106 valence electrons. The van der Waals surface area contributed by atoms with Crippen LogP contribution in [0, 0.1) is 0 Å². The summed E-state index contributed by atoms with van der Waals surface area (Å²) < 4.78 is 0. The highest BCUT2D eigenvalue weighted by Gasteiger charge is 2.26. The second kappa shape index (κ2) is 7.51. The van der Waals surface area contributed by atoms with Crippen LogP contribution in [0.3, 0.4) is 0 Å². The van der Waals surface area contributed by atoms with Crippen LogP contribution in [0.1, 0.15) is 38.7 Å². The third-order valence-corrected chi connectivity index (χ3v) is 3.38. The van der Waals surface area contributed by atoms with E-state index in [1.807, 2.05) is 31.2 Å². The SMILES string of the molecule is CCCC(C)(N)C(=O)NCCCc1ccc(Cl)cc1. The Hall–Kier alpha value is -1.06. The summed E-state index contributed by atoms with van der Waals surface area (Å²) in [6.07, 6.45) is 3.43. The van der Waals surface area contributed by atoms with Crippen LogP contribution in [0.2, 0.25) is 5.02 Å². The molecule has 0 aliphatic rings. The van der Waals surface area contributed by atoms with Crippen molar-refractivity contribution in [3.8, 4) is 0 Å². The first-order valence-corrected chi connectivity index (χ1v) is 7.15. The Bertz CT molecular complexity index is 401. The molecule has 0 aliphatic carbocycles. The summed E-state index contributed by atoms with van der Waals surface area (Å²) in [6.45, 7) is 4.46. The van der Waals surface area contributed by atoms with E-state index < -0.39 is 5.54 Å². The van der Waals surface area contributed by atoms with Gasteiger partial charge in [-0.05, 0) is 43.9 Å². The zero-order chi connectivity index (χ0) is 14.3. The van der Waals surface area contributed by atoms with E-state index in [9.17, 15) is 4.79 Å². The van der Waals surface area contributed by atoms with Gasteiger partial charge >= 0.3 is 0 Å². The lowest BCUT2D eigenvalue weighted by molar-refractivity contribution is -0.126. The van der Waals surface area contributed by atoms with Gasteiger partial charge in [-0.15, -0.1) is 0 Å². The van der Waals surface area contributed by atoms with Gasteiger partial charge in [0.25, 0.3) is 0 Å². The molecule has 3 nitrogen and oxygen atoms in total. The molecule has 1 aromatic rings. The number of nitrogens with two attached hydrogens (primary N) is 1. The van der Waals surface area contributed by atoms with E-state index >= 15 is 0 Å². The number of hydrogen-bond donors (Lipinski definition) is 2. The van der Waals surface area contributed by atoms with Gasteiger partial charge in [-0.1, -0.05) is 37.1 Å². The number of nitrogens with one attached hydrogen (secondary N) is 1. The molecule has 0 bridgehead atoms. The van der Waals surface area contributed by atoms with E-state index in [0.717, 1.165) is 24.3 Å². The van der Waals surface area contributed by atoms with E-state index in [1.165, 1.54) is 5.56 Å². The van der Waals surface area contributed by atoms with E-state index in [2.05, 4.69) is 5.32 Å². The first-order chi connectivity index (χ1) is 8.95. The third kappa shape index (κ3) is 5.62. The Morgan fingerprint density at radius 1 is 1.37 bits per heavy atom. The topological polar surface area (TPSA) is 55.1 Å². The van der Waals surface area contributed by atoms with Gasteiger partial charge < -0.3 is 11.1 Å². The molecule has 3 N–H and O–H groups in total. The fraction of sp³-hybridized carbons (Fsp3) is 0.533. The maximum Gasteiger partial charge on any atom is 0.239 e. The van der Waals surface area contributed by atoms with Gasteiger partial charge in [-0.25, -0.2) is 0 Å². The predicted octanol–water partition coefficient (Wildman–Crippen LogP) is 2.91. The zero-order valence-electron chi connectivity index (χ0n) is 11.7. The normalized spacial score (nSPS) is 13.9. The summed E-state index contributed by atoms with van der Waals surface area (Å²) in [5.41, 5.74) is 6.42. The number of hydrogen-bond acceptors (Lipinski definition) is 2. The number of carbonyl (C=O) groups excluding carboxylic acids is 1. The first-order valence-electron chi connectivity index (χ1n) is 6.77. The third-order valence-electron chi connectivity index (χ3n) is 3.13. The fourth-order valence-corrected chi connectivity index (χ4v) is 2.11. The smallest absolute Gasteiger partial charge is 0.239 e. The average molecular weight is 283 g/mol. The molecule has 0 saturated heterocycles. The molecule has 0 heterocycles. The molecular weight excluding hydrogens is 260 g/mol. The Balaban J connectivity index is 2.27. The van der Waals surface area contributed by atoms with Crippen LogP contribution in [0.25, 0.3) is 0 Å². The van der Waals surface area contributed by atoms with Crippen LogP contribution in [-0.4, -0.2) is 18.0 Å². The Labute approximate surface area is 120 Å². The summed E-state index contributed by atoms with van der Waals surface area (Å²) in [5, 5.41) is 3.65. The van der Waals surface area contributed by atoms with Crippen LogP contribution >= 0.6 is 11.6 Å². The first kappa shape index (κ1) is 16.0. The van der Waals surface area contributed by atoms with E-state index in [4.69, 9.17) is 17.3 Å². The Morgan fingerprint density at radius 2 is 2.00 bits per heavy atom. The molecule has 1 atom stereocenters. The van der Waals surface area contributed by atoms with Crippen molar-refractivity contribution < 1.29 is 4.79 Å². The number of halogens is 1. The molecule has 0 aliphatic heterocycles. The van der Waals surface area contributed by atoms with Gasteiger partial charge in [-0.3, -0.25) is 4.79 Å². The molecule has 0 spiro atoms. The van der Waals surface area contributed by atoms with Gasteiger partial charge in [0.2, 0.25) is 5.91 Å². The molecule has 19 heavy (non-hydrogen) atoms. The minimum Gasteiger partial charge on any atom is -0.355 e. The van der Waals surface area contributed by atoms with Crippen molar-refractivity contribution in [1.82, 2.24) is 5.32 Å². The molecule has 0 radical (unpaired) electrons. The quantitative estimate of drug-likeness (QED) is 0.756. The highest BCUT2D eigenvalue weighted by atomic mass is 35.5. The number of aryl methyl sites for hydroxylation is 1. The summed E-state index contributed by atoms with van der Waals surface area (Å²) in [7, 11) is 0. The van der Waals surface area contributed by atoms with Gasteiger partial charge in [0.05, 0.1) is 5.54 Å². The Morgan fingerprint density at radius 3 is 2.58 bits per heavy atom. The Kier molecular flexibility index (Phi) is 6.32. The lowest BCUT2D eigenvalue weighted by Crippen LogP contribution is -2.51. The molecule has 0 aromatic heterocycles. The van der Waals surface area contributed by atoms with Crippen LogP contribution in [-0.2, 0) is 11.2 Å². The van der Waals surface area contributed by atoms with Crippen molar-refractivity contribution in [2.45, 2.75) is 45.1 Å². The van der Waals surface area contributed by atoms with Crippen LogP contribution in [0.4, 0.5) is 0 Å². The summed E-state index contributed by atoms with van der Waals surface area (Å²) in [5.74, 6) is -0.0644. The molecule has 4 heteroatoms. The highest BCUT2D eigenvalue weighted by molar-refractivity contribution is 6.30. The number of rotatable bonds is 7. The maximum atomic E-state index is 11.9. The average Bonchev–Trinajstić information content (AvgIpc) is 2.36. The number of carbonyl (C=O) groups is 1. The molecular formula is C15H23ClN2O. The van der Waals surface area contributed by atoms with Crippen molar-refractivity contribution in [1.29, 1.82) is 0 Å². The number of amides is 1. The van der Waals surface area contributed by atoms with Crippen molar-refractivity contribution in [2.24, 2.45) is 5.73 Å². The van der Waals surface area contributed by atoms with Crippen molar-refractivity contribution in [3.05, 3.63) is 34.9 Å². The van der Waals surface area contributed by atoms with Crippen LogP contribution < -0.4 is 11.1 Å². The zero-order valence-corrected chi connectivity index (χ0v) is 12.5. The van der Waals surface area contributed by atoms with Gasteiger partial charge in [0.15, 0.2) is 0 Å². The summed E-state index contributed by atoms with van der Waals surface area (Å²) in [6, 6.07) is 7.78. The standard InChI is InChI=1S/C15H23ClN2O/c1-3-10-15(2,17)14(19)18-11-4-5-12-6-8-13(16)9-7-12/h6-9H,3-5,10-11,17H2,1-2H3,(H,18,19). The van der Waals surface area contributed by atoms with Gasteiger partial charge in [0, 0.05) is 11.6 Å².